The Morgan fingerprint density at radius 1 is 1.23 bits per heavy atom. The van der Waals surface area contributed by atoms with E-state index in [0.29, 0.717) is 26.3 Å². The summed E-state index contributed by atoms with van der Waals surface area (Å²) in [7, 11) is -3.54. The van der Waals surface area contributed by atoms with Gasteiger partial charge in [-0.05, 0) is 40.7 Å². The fourth-order valence-corrected chi connectivity index (χ4v) is 5.32. The Labute approximate surface area is 163 Å². The van der Waals surface area contributed by atoms with E-state index in [2.05, 4.69) is 15.9 Å². The first-order valence-corrected chi connectivity index (χ1v) is 11.1. The first kappa shape index (κ1) is 22.1. The van der Waals surface area contributed by atoms with Crippen molar-refractivity contribution in [1.29, 1.82) is 0 Å². The number of rotatable bonds is 7. The lowest BCUT2D eigenvalue weighted by Gasteiger charge is -2.15. The van der Waals surface area contributed by atoms with Crippen LogP contribution in [-0.4, -0.2) is 28.8 Å². The molecule has 2 N–H and O–H groups in total. The molecule has 0 saturated carbocycles. The normalized spacial score (nSPS) is 13.0. The van der Waals surface area contributed by atoms with Gasteiger partial charge in [-0.1, -0.05) is 0 Å². The maximum absolute atomic E-state index is 14.1. The summed E-state index contributed by atoms with van der Waals surface area (Å²) in [6.45, 7) is -0.222. The van der Waals surface area contributed by atoms with E-state index in [1.54, 1.807) is 18.4 Å². The van der Waals surface area contributed by atoms with Crippen LogP contribution in [0.3, 0.4) is 0 Å². The summed E-state index contributed by atoms with van der Waals surface area (Å²) in [5.74, 6) is 0.182. The first-order valence-electron chi connectivity index (χ1n) is 7.03. The third kappa shape index (κ3) is 4.99. The summed E-state index contributed by atoms with van der Waals surface area (Å²) in [6.07, 6.45) is -3.80. The van der Waals surface area contributed by atoms with Crippen molar-refractivity contribution in [2.45, 2.75) is 29.6 Å². The maximum atomic E-state index is 14.1. The van der Waals surface area contributed by atoms with Crippen LogP contribution in [0.2, 0.25) is 0 Å². The fourth-order valence-electron chi connectivity index (χ4n) is 2.08. The molecule has 2 aromatic rings. The highest BCUT2D eigenvalue weighted by Crippen LogP contribution is 2.58. The summed E-state index contributed by atoms with van der Waals surface area (Å²) in [5, 5.41) is 0.374. The lowest BCUT2D eigenvalue weighted by atomic mass is 10.2. The Hall–Kier alpha value is -0.190. The number of halogens is 6. The number of benzene rings is 1. The lowest BCUT2D eigenvalue weighted by molar-refractivity contribution is -0.136. The van der Waals surface area contributed by atoms with Crippen LogP contribution in [0.1, 0.15) is 17.7 Å². The van der Waals surface area contributed by atoms with E-state index in [-0.39, 0.29) is 23.2 Å². The van der Waals surface area contributed by atoms with Gasteiger partial charge in [-0.2, -0.15) is 22.0 Å². The average Bonchev–Trinajstić information content (AvgIpc) is 2.88. The zero-order valence-electron chi connectivity index (χ0n) is 13.1. The third-order valence-electron chi connectivity index (χ3n) is 3.29. The van der Waals surface area contributed by atoms with Gasteiger partial charge in [-0.3, -0.25) is 0 Å². The van der Waals surface area contributed by atoms with Gasteiger partial charge in [0.25, 0.3) is 0 Å². The van der Waals surface area contributed by atoms with E-state index in [9.17, 15) is 22.0 Å². The number of thioether (sulfide) groups is 1. The maximum Gasteiger partial charge on any atom is 0.389 e. The van der Waals surface area contributed by atoms with Crippen molar-refractivity contribution in [2.75, 3.05) is 12.9 Å². The molecule has 0 aliphatic rings. The van der Waals surface area contributed by atoms with Crippen molar-refractivity contribution in [3.8, 4) is 5.75 Å². The summed E-state index contributed by atoms with van der Waals surface area (Å²) < 4.78 is 70.5. The molecule has 0 radical (unpaired) electrons. The largest absolute Gasteiger partial charge is 0.492 e. The summed E-state index contributed by atoms with van der Waals surface area (Å²) in [5.41, 5.74) is -3.84. The lowest BCUT2D eigenvalue weighted by Crippen LogP contribution is -2.09. The average molecular weight is 499 g/mol. The second-order valence-electron chi connectivity index (χ2n) is 5.15. The van der Waals surface area contributed by atoms with Crippen LogP contribution >= 0.6 is 47.4 Å². The quantitative estimate of drug-likeness (QED) is 0.199. The summed E-state index contributed by atoms with van der Waals surface area (Å²) in [6, 6.07) is 3.19. The summed E-state index contributed by atoms with van der Waals surface area (Å²) >= 11 is 4.99. The predicted octanol–water partition coefficient (Wildman–Crippen LogP) is 6.45. The van der Waals surface area contributed by atoms with Gasteiger partial charge in [-0.25, -0.2) is 0 Å². The fraction of sp³-hybridized carbons (Fsp3) is 0.429. The Kier molecular flexibility index (Phi) is 7.18. The summed E-state index contributed by atoms with van der Waals surface area (Å²) in [4.78, 5) is 18.1. The Balaban J connectivity index is 2.40. The van der Waals surface area contributed by atoms with Gasteiger partial charge in [0.15, 0.2) is 0 Å². The predicted molar refractivity (Wildman–Crippen MR) is 97.3 cm³/mol. The molecule has 0 aliphatic carbocycles. The van der Waals surface area contributed by atoms with E-state index in [1.807, 2.05) is 0 Å². The van der Waals surface area contributed by atoms with Gasteiger partial charge in [-0.15, -0.1) is 23.1 Å². The molecule has 0 bridgehead atoms. The van der Waals surface area contributed by atoms with Crippen LogP contribution in [0.4, 0.5) is 22.0 Å². The van der Waals surface area contributed by atoms with Crippen molar-refractivity contribution in [1.82, 2.24) is 0 Å². The van der Waals surface area contributed by atoms with Crippen LogP contribution in [0.5, 0.6) is 5.75 Å². The van der Waals surface area contributed by atoms with Crippen molar-refractivity contribution < 1.29 is 36.5 Å². The Bertz CT molecular complexity index is 782. The van der Waals surface area contributed by atoms with Crippen molar-refractivity contribution in [2.24, 2.45) is 0 Å². The molecule has 0 saturated heterocycles. The molecular weight excluding hydrogens is 486 g/mol. The van der Waals surface area contributed by atoms with Crippen LogP contribution < -0.4 is 4.74 Å². The van der Waals surface area contributed by atoms with Crippen LogP contribution in [0.25, 0.3) is 10.1 Å². The van der Waals surface area contributed by atoms with Gasteiger partial charge in [0.05, 0.1) is 16.2 Å². The smallest absolute Gasteiger partial charge is 0.389 e. The van der Waals surface area contributed by atoms with Gasteiger partial charge >= 0.3 is 11.8 Å². The number of hydrogen-bond donors (Lipinski definition) is 2. The Morgan fingerprint density at radius 2 is 1.88 bits per heavy atom. The van der Waals surface area contributed by atoms with E-state index in [4.69, 9.17) is 14.5 Å². The molecule has 146 valence electrons. The minimum atomic E-state index is -4.29. The van der Waals surface area contributed by atoms with Gasteiger partial charge in [0, 0.05) is 21.2 Å². The number of ether oxygens (including phenoxy) is 1. The molecule has 12 heteroatoms. The minimum absolute atomic E-state index is 0.00846. The molecule has 0 aliphatic heterocycles. The molecule has 1 aromatic carbocycles. The molecule has 0 amide bonds. The molecule has 0 unspecified atom stereocenters. The highest BCUT2D eigenvalue weighted by atomic mass is 79.9. The van der Waals surface area contributed by atoms with E-state index >= 15 is 0 Å². The molecule has 2 rings (SSSR count). The highest BCUT2D eigenvalue weighted by molar-refractivity contribution is 9.10. The van der Waals surface area contributed by atoms with Crippen molar-refractivity contribution in [3.05, 3.63) is 21.5 Å². The number of hydrogen-bond acceptors (Lipinski definition) is 5. The second-order valence-corrected chi connectivity index (χ2v) is 8.98. The first-order chi connectivity index (χ1) is 12.0. The molecular formula is C14H13BrF5O3PS2. The minimum Gasteiger partial charge on any atom is -0.492 e. The Morgan fingerprint density at radius 3 is 2.42 bits per heavy atom. The van der Waals surface area contributed by atoms with Crippen LogP contribution in [-0.2, 0) is 5.66 Å². The standard InChI is InChI=1S/C14H13BrF5O3PS2/c1-25-7-5-8-10(15)12(14(19,20)24(21)22)26-11(8)9(6-7)23-4-2-3-13(16,17)18/h5-6,21-22H,2-4H2,1H3. The second kappa shape index (κ2) is 8.45. The van der Waals surface area contributed by atoms with Crippen LogP contribution in [0, 0.1) is 0 Å². The highest BCUT2D eigenvalue weighted by Gasteiger charge is 2.45. The number of fused-ring (bicyclic) bond motifs is 1. The molecule has 0 atom stereocenters. The molecule has 3 nitrogen and oxygen atoms in total. The molecule has 0 spiro atoms. The molecule has 1 aromatic heterocycles. The van der Waals surface area contributed by atoms with Gasteiger partial charge in [0.2, 0.25) is 8.38 Å². The zero-order chi connectivity index (χ0) is 19.7. The van der Waals surface area contributed by atoms with E-state index in [1.165, 1.54) is 11.8 Å². The monoisotopic (exact) mass is 498 g/mol. The molecule has 0 fully saturated rings. The number of alkyl halides is 5. The zero-order valence-corrected chi connectivity index (χ0v) is 17.2. The molecule has 26 heavy (non-hydrogen) atoms. The van der Waals surface area contributed by atoms with E-state index < -0.39 is 31.5 Å². The van der Waals surface area contributed by atoms with Gasteiger partial charge in [0.1, 0.15) is 5.75 Å². The third-order valence-corrected chi connectivity index (χ3v) is 7.25. The van der Waals surface area contributed by atoms with Gasteiger partial charge < -0.3 is 14.5 Å². The van der Waals surface area contributed by atoms with Crippen molar-refractivity contribution in [3.63, 3.8) is 0 Å². The van der Waals surface area contributed by atoms with Crippen LogP contribution in [0.15, 0.2) is 21.5 Å². The number of thiophene rings is 1. The molecule has 1 heterocycles. The van der Waals surface area contributed by atoms with Crippen molar-refractivity contribution >= 4 is 57.5 Å². The topological polar surface area (TPSA) is 49.7 Å². The van der Waals surface area contributed by atoms with E-state index in [0.717, 1.165) is 0 Å². The SMILES string of the molecule is CSc1cc(OCCCC(F)(F)F)c2sc(C(F)(F)P(O)O)c(Br)c2c1.